The van der Waals surface area contributed by atoms with Crippen LogP contribution in [0.3, 0.4) is 0 Å². The minimum atomic E-state index is -0.449. The van der Waals surface area contributed by atoms with E-state index in [-0.39, 0.29) is 30.2 Å². The van der Waals surface area contributed by atoms with Gasteiger partial charge in [0.1, 0.15) is 6.54 Å². The Kier molecular flexibility index (Phi) is 4.60. The van der Waals surface area contributed by atoms with Gasteiger partial charge in [-0.05, 0) is 31.0 Å². The van der Waals surface area contributed by atoms with Crippen molar-refractivity contribution in [2.24, 2.45) is 11.8 Å². The third-order valence-electron chi connectivity index (χ3n) is 4.44. The molecule has 5 nitrogen and oxygen atoms in total. The first-order valence-electron chi connectivity index (χ1n) is 7.57. The van der Waals surface area contributed by atoms with E-state index < -0.39 is 5.91 Å². The van der Waals surface area contributed by atoms with E-state index in [0.29, 0.717) is 15.7 Å². The number of halogens is 2. The molecule has 122 valence electrons. The molecule has 1 aliphatic carbocycles. The first-order valence-corrected chi connectivity index (χ1v) is 8.33. The molecule has 23 heavy (non-hydrogen) atoms. The number of rotatable bonds is 3. The number of anilines is 1. The Bertz CT molecular complexity index is 653. The highest BCUT2D eigenvalue weighted by molar-refractivity contribution is 6.36. The Hall–Kier alpha value is -1.59. The summed E-state index contributed by atoms with van der Waals surface area (Å²) in [6.45, 7) is -0.274. The van der Waals surface area contributed by atoms with Crippen LogP contribution in [0.1, 0.15) is 25.7 Å². The van der Waals surface area contributed by atoms with Gasteiger partial charge in [0.05, 0.1) is 22.5 Å². The average molecular weight is 355 g/mol. The van der Waals surface area contributed by atoms with Crippen LogP contribution in [0.4, 0.5) is 5.69 Å². The van der Waals surface area contributed by atoms with Crippen molar-refractivity contribution in [3.8, 4) is 0 Å². The van der Waals surface area contributed by atoms with Crippen LogP contribution in [0.5, 0.6) is 0 Å². The predicted molar refractivity (Wildman–Crippen MR) is 87.3 cm³/mol. The van der Waals surface area contributed by atoms with Gasteiger partial charge in [0.15, 0.2) is 0 Å². The number of likely N-dealkylation sites (tertiary alicyclic amines) is 1. The van der Waals surface area contributed by atoms with Gasteiger partial charge in [0, 0.05) is 5.02 Å². The van der Waals surface area contributed by atoms with Crippen LogP contribution >= 0.6 is 23.2 Å². The zero-order valence-electron chi connectivity index (χ0n) is 12.4. The number of hydrogen-bond donors (Lipinski definition) is 1. The van der Waals surface area contributed by atoms with Crippen LogP contribution in [0.15, 0.2) is 18.2 Å². The van der Waals surface area contributed by atoms with Crippen LogP contribution in [-0.4, -0.2) is 29.2 Å². The Morgan fingerprint density at radius 2 is 1.74 bits per heavy atom. The Morgan fingerprint density at radius 3 is 2.30 bits per heavy atom. The van der Waals surface area contributed by atoms with Crippen molar-refractivity contribution in [3.63, 3.8) is 0 Å². The highest BCUT2D eigenvalue weighted by atomic mass is 35.5. The number of hydrogen-bond acceptors (Lipinski definition) is 3. The highest BCUT2D eigenvalue weighted by Crippen LogP contribution is 2.37. The summed E-state index contributed by atoms with van der Waals surface area (Å²) in [6.07, 6.45) is 3.38. The lowest BCUT2D eigenvalue weighted by Gasteiger charge is -2.19. The molecule has 1 saturated heterocycles. The fourth-order valence-corrected chi connectivity index (χ4v) is 3.77. The summed E-state index contributed by atoms with van der Waals surface area (Å²) < 4.78 is 0. The van der Waals surface area contributed by atoms with Crippen LogP contribution in [0, 0.1) is 11.8 Å². The monoisotopic (exact) mass is 354 g/mol. The first kappa shape index (κ1) is 16.3. The van der Waals surface area contributed by atoms with Crippen molar-refractivity contribution in [3.05, 3.63) is 28.2 Å². The van der Waals surface area contributed by atoms with E-state index in [9.17, 15) is 14.4 Å². The minimum Gasteiger partial charge on any atom is -0.323 e. The van der Waals surface area contributed by atoms with E-state index in [0.717, 1.165) is 30.6 Å². The van der Waals surface area contributed by atoms with Crippen molar-refractivity contribution in [1.29, 1.82) is 0 Å². The number of fused-ring (bicyclic) bond motifs is 1. The molecule has 2 atom stereocenters. The largest absolute Gasteiger partial charge is 0.323 e. The topological polar surface area (TPSA) is 66.5 Å². The van der Waals surface area contributed by atoms with E-state index in [2.05, 4.69) is 5.32 Å². The molecule has 3 amide bonds. The van der Waals surface area contributed by atoms with Crippen LogP contribution in [0.2, 0.25) is 10.0 Å². The molecule has 1 aromatic rings. The van der Waals surface area contributed by atoms with E-state index in [1.807, 2.05) is 0 Å². The summed E-state index contributed by atoms with van der Waals surface area (Å²) in [6, 6.07) is 4.69. The highest BCUT2D eigenvalue weighted by Gasteiger charge is 2.48. The van der Waals surface area contributed by atoms with E-state index in [1.54, 1.807) is 12.1 Å². The van der Waals surface area contributed by atoms with Crippen LogP contribution < -0.4 is 5.32 Å². The molecular weight excluding hydrogens is 339 g/mol. The summed E-state index contributed by atoms with van der Waals surface area (Å²) in [4.78, 5) is 37.9. The van der Waals surface area contributed by atoms with E-state index >= 15 is 0 Å². The fraction of sp³-hybridized carbons (Fsp3) is 0.438. The van der Waals surface area contributed by atoms with E-state index in [1.165, 1.54) is 6.07 Å². The van der Waals surface area contributed by atoms with Gasteiger partial charge >= 0.3 is 0 Å². The second-order valence-corrected chi connectivity index (χ2v) is 6.78. The fourth-order valence-electron chi connectivity index (χ4n) is 3.31. The van der Waals surface area contributed by atoms with Gasteiger partial charge in [-0.2, -0.15) is 0 Å². The van der Waals surface area contributed by atoms with Gasteiger partial charge in [0.25, 0.3) is 0 Å². The zero-order valence-corrected chi connectivity index (χ0v) is 13.9. The molecule has 0 bridgehead atoms. The summed E-state index contributed by atoms with van der Waals surface area (Å²) in [7, 11) is 0. The predicted octanol–water partition coefficient (Wildman–Crippen LogP) is 3.11. The van der Waals surface area contributed by atoms with Crippen LogP contribution in [0.25, 0.3) is 0 Å². The smallest absolute Gasteiger partial charge is 0.244 e. The maximum atomic E-state index is 12.3. The quantitative estimate of drug-likeness (QED) is 0.848. The summed E-state index contributed by atoms with van der Waals surface area (Å²) in [5.41, 5.74) is 0.401. The molecule has 1 saturated carbocycles. The van der Waals surface area contributed by atoms with Crippen molar-refractivity contribution < 1.29 is 14.4 Å². The molecule has 0 radical (unpaired) electrons. The Morgan fingerprint density at radius 1 is 1.13 bits per heavy atom. The molecule has 1 aromatic carbocycles. The van der Waals surface area contributed by atoms with Gasteiger partial charge in [0.2, 0.25) is 17.7 Å². The normalized spacial score (nSPS) is 23.8. The van der Waals surface area contributed by atoms with Gasteiger partial charge in [-0.25, -0.2) is 0 Å². The Balaban J connectivity index is 1.68. The third-order valence-corrected chi connectivity index (χ3v) is 4.99. The van der Waals surface area contributed by atoms with Gasteiger partial charge in [-0.1, -0.05) is 36.0 Å². The second kappa shape index (κ2) is 6.49. The number of benzene rings is 1. The Labute approximate surface area is 143 Å². The van der Waals surface area contributed by atoms with Gasteiger partial charge in [-0.3, -0.25) is 19.3 Å². The number of carbonyl (C=O) groups is 3. The van der Waals surface area contributed by atoms with Crippen molar-refractivity contribution in [1.82, 2.24) is 4.90 Å². The molecule has 1 N–H and O–H groups in total. The molecule has 0 spiro atoms. The molecule has 0 aromatic heterocycles. The molecule has 2 unspecified atom stereocenters. The molecule has 1 heterocycles. The molecule has 2 aliphatic rings. The first-order chi connectivity index (χ1) is 11.0. The van der Waals surface area contributed by atoms with Crippen molar-refractivity contribution >= 4 is 46.6 Å². The van der Waals surface area contributed by atoms with Crippen molar-refractivity contribution in [2.75, 3.05) is 11.9 Å². The summed E-state index contributed by atoms with van der Waals surface area (Å²) in [5.74, 6) is -1.39. The third kappa shape index (κ3) is 3.21. The number of amides is 3. The summed E-state index contributed by atoms with van der Waals surface area (Å²) in [5, 5.41) is 3.38. The maximum Gasteiger partial charge on any atom is 0.244 e. The van der Waals surface area contributed by atoms with Gasteiger partial charge in [-0.15, -0.1) is 0 Å². The molecule has 3 rings (SSSR count). The zero-order chi connectivity index (χ0) is 16.6. The number of nitrogens with zero attached hydrogens (tertiary/aromatic N) is 1. The van der Waals surface area contributed by atoms with Crippen molar-refractivity contribution in [2.45, 2.75) is 25.7 Å². The van der Waals surface area contributed by atoms with Crippen LogP contribution in [-0.2, 0) is 14.4 Å². The molecule has 2 fully saturated rings. The van der Waals surface area contributed by atoms with Gasteiger partial charge < -0.3 is 5.32 Å². The lowest BCUT2D eigenvalue weighted by Crippen LogP contribution is -2.38. The minimum absolute atomic E-state index is 0.225. The number of nitrogens with one attached hydrogen (secondary N) is 1. The lowest BCUT2D eigenvalue weighted by atomic mass is 9.81. The summed E-state index contributed by atoms with van der Waals surface area (Å²) >= 11 is 11.8. The maximum absolute atomic E-state index is 12.3. The number of imide groups is 1. The number of carbonyl (C=O) groups excluding carboxylic acids is 3. The lowest BCUT2D eigenvalue weighted by molar-refractivity contribution is -0.142. The molecular formula is C16H16Cl2N2O3. The SMILES string of the molecule is O=C(CN1C(=O)C2CCCCC2C1=O)Nc1ccc(Cl)cc1Cl. The molecule has 1 aliphatic heterocycles. The second-order valence-electron chi connectivity index (χ2n) is 5.93. The standard InChI is InChI=1S/C16H16Cl2N2O3/c17-9-5-6-13(12(18)7-9)19-14(21)8-20-15(22)10-3-1-2-4-11(10)16(20)23/h5-7,10-11H,1-4,8H2,(H,19,21). The molecule has 7 heteroatoms. The average Bonchev–Trinajstić information content (AvgIpc) is 2.76. The van der Waals surface area contributed by atoms with E-state index in [4.69, 9.17) is 23.2 Å².